The topological polar surface area (TPSA) is 33.1 Å². The van der Waals surface area contributed by atoms with Crippen LogP contribution in [0.2, 0.25) is 5.15 Å². The summed E-state index contributed by atoms with van der Waals surface area (Å²) in [4.78, 5) is 3.77. The number of hydrogen-bond acceptors (Lipinski definition) is 2. The fraction of sp³-hybridized carbons (Fsp3) is 0.0833. The fourth-order valence-corrected chi connectivity index (χ4v) is 1.64. The minimum Gasteiger partial charge on any atom is -0.384 e. The Kier molecular flexibility index (Phi) is 3.36. The molecule has 1 atom stereocenters. The van der Waals surface area contributed by atoms with Gasteiger partial charge in [-0.1, -0.05) is 17.7 Å². The number of rotatable bonds is 2. The van der Waals surface area contributed by atoms with Crippen LogP contribution < -0.4 is 0 Å². The van der Waals surface area contributed by atoms with Gasteiger partial charge in [0.05, 0.1) is 0 Å². The van der Waals surface area contributed by atoms with Crippen molar-refractivity contribution in [3.8, 4) is 0 Å². The first kappa shape index (κ1) is 12.0. The SMILES string of the molecule is OC(c1ccnc(Cl)c1)c1ccc(F)c(F)c1. The van der Waals surface area contributed by atoms with E-state index >= 15 is 0 Å². The van der Waals surface area contributed by atoms with Crippen LogP contribution in [0.15, 0.2) is 36.5 Å². The summed E-state index contributed by atoms with van der Waals surface area (Å²) in [5.41, 5.74) is 0.724. The van der Waals surface area contributed by atoms with Gasteiger partial charge in [-0.2, -0.15) is 0 Å². The van der Waals surface area contributed by atoms with Crippen molar-refractivity contribution in [2.24, 2.45) is 0 Å². The number of aliphatic hydroxyl groups excluding tert-OH is 1. The van der Waals surface area contributed by atoms with Crippen molar-refractivity contribution in [2.75, 3.05) is 0 Å². The average molecular weight is 256 g/mol. The first-order chi connectivity index (χ1) is 8.08. The largest absolute Gasteiger partial charge is 0.384 e. The van der Waals surface area contributed by atoms with E-state index in [1.807, 2.05) is 0 Å². The van der Waals surface area contributed by atoms with Gasteiger partial charge in [0.1, 0.15) is 11.3 Å². The predicted molar refractivity (Wildman–Crippen MR) is 59.7 cm³/mol. The maximum atomic E-state index is 13.0. The average Bonchev–Trinajstić information content (AvgIpc) is 2.32. The molecule has 1 heterocycles. The van der Waals surface area contributed by atoms with Gasteiger partial charge < -0.3 is 5.11 Å². The van der Waals surface area contributed by atoms with E-state index in [0.717, 1.165) is 12.1 Å². The Bertz CT molecular complexity index is 548. The second-order valence-corrected chi connectivity index (χ2v) is 3.88. The van der Waals surface area contributed by atoms with E-state index in [-0.39, 0.29) is 10.7 Å². The van der Waals surface area contributed by atoms with Crippen LogP contribution >= 0.6 is 11.6 Å². The van der Waals surface area contributed by atoms with E-state index in [9.17, 15) is 13.9 Å². The van der Waals surface area contributed by atoms with E-state index in [2.05, 4.69) is 4.98 Å². The maximum absolute atomic E-state index is 13.0. The van der Waals surface area contributed by atoms with Gasteiger partial charge in [-0.15, -0.1) is 0 Å². The molecule has 88 valence electrons. The van der Waals surface area contributed by atoms with Crippen LogP contribution in [0.4, 0.5) is 8.78 Å². The third-order valence-electron chi connectivity index (χ3n) is 2.33. The summed E-state index contributed by atoms with van der Waals surface area (Å²) < 4.78 is 25.8. The summed E-state index contributed by atoms with van der Waals surface area (Å²) >= 11 is 5.68. The van der Waals surface area contributed by atoms with E-state index in [1.54, 1.807) is 6.07 Å². The maximum Gasteiger partial charge on any atom is 0.159 e. The molecule has 0 saturated carbocycles. The number of pyridine rings is 1. The molecule has 0 aliphatic carbocycles. The Morgan fingerprint density at radius 2 is 1.76 bits per heavy atom. The van der Waals surface area contributed by atoms with Gasteiger partial charge in [-0.05, 0) is 35.4 Å². The number of benzene rings is 1. The van der Waals surface area contributed by atoms with Gasteiger partial charge in [-0.25, -0.2) is 13.8 Å². The molecule has 1 aromatic carbocycles. The highest BCUT2D eigenvalue weighted by molar-refractivity contribution is 6.29. The molecule has 0 saturated heterocycles. The van der Waals surface area contributed by atoms with Crippen molar-refractivity contribution in [2.45, 2.75) is 6.10 Å². The highest BCUT2D eigenvalue weighted by Crippen LogP contribution is 2.24. The number of aromatic nitrogens is 1. The molecule has 2 rings (SSSR count). The van der Waals surface area contributed by atoms with Gasteiger partial charge >= 0.3 is 0 Å². The molecule has 0 aliphatic rings. The second kappa shape index (κ2) is 4.77. The monoisotopic (exact) mass is 255 g/mol. The Morgan fingerprint density at radius 1 is 1.06 bits per heavy atom. The molecule has 0 amide bonds. The van der Waals surface area contributed by atoms with Crippen LogP contribution in [0, 0.1) is 11.6 Å². The quantitative estimate of drug-likeness (QED) is 0.837. The van der Waals surface area contributed by atoms with Crippen LogP contribution in [0.1, 0.15) is 17.2 Å². The lowest BCUT2D eigenvalue weighted by Crippen LogP contribution is -2.01. The van der Waals surface area contributed by atoms with Crippen molar-refractivity contribution in [3.05, 3.63) is 64.4 Å². The molecule has 0 aliphatic heterocycles. The molecule has 1 unspecified atom stereocenters. The molecule has 1 N–H and O–H groups in total. The zero-order chi connectivity index (χ0) is 12.4. The number of aliphatic hydroxyl groups is 1. The molecule has 2 aromatic rings. The summed E-state index contributed by atoms with van der Waals surface area (Å²) in [5, 5.41) is 10.2. The molecular weight excluding hydrogens is 248 g/mol. The van der Waals surface area contributed by atoms with E-state index < -0.39 is 17.7 Å². The van der Waals surface area contributed by atoms with Crippen LogP contribution in [-0.2, 0) is 0 Å². The third kappa shape index (κ3) is 2.60. The minimum atomic E-state index is -1.06. The van der Waals surface area contributed by atoms with Crippen LogP contribution in [0.3, 0.4) is 0 Å². The normalized spacial score (nSPS) is 12.5. The van der Waals surface area contributed by atoms with Gasteiger partial charge in [0.2, 0.25) is 0 Å². The Balaban J connectivity index is 2.36. The Morgan fingerprint density at radius 3 is 2.41 bits per heavy atom. The minimum absolute atomic E-state index is 0.226. The van der Waals surface area contributed by atoms with Gasteiger partial charge in [0.15, 0.2) is 11.6 Å². The van der Waals surface area contributed by atoms with E-state index in [0.29, 0.717) is 5.56 Å². The van der Waals surface area contributed by atoms with Gasteiger partial charge in [0, 0.05) is 6.20 Å². The van der Waals surface area contributed by atoms with Crippen molar-refractivity contribution in [1.29, 1.82) is 0 Å². The number of nitrogens with zero attached hydrogens (tertiary/aromatic N) is 1. The lowest BCUT2D eigenvalue weighted by atomic mass is 10.0. The van der Waals surface area contributed by atoms with E-state index in [1.165, 1.54) is 18.3 Å². The van der Waals surface area contributed by atoms with Crippen molar-refractivity contribution >= 4 is 11.6 Å². The van der Waals surface area contributed by atoms with Crippen molar-refractivity contribution in [3.63, 3.8) is 0 Å². The van der Waals surface area contributed by atoms with Crippen molar-refractivity contribution in [1.82, 2.24) is 4.98 Å². The predicted octanol–water partition coefficient (Wildman–Crippen LogP) is 3.09. The van der Waals surface area contributed by atoms with Crippen molar-refractivity contribution < 1.29 is 13.9 Å². The zero-order valence-electron chi connectivity index (χ0n) is 8.57. The number of hydrogen-bond donors (Lipinski definition) is 1. The first-order valence-electron chi connectivity index (χ1n) is 4.82. The molecular formula is C12H8ClF2NO. The Labute approximate surface area is 102 Å². The lowest BCUT2D eigenvalue weighted by molar-refractivity contribution is 0.219. The molecule has 0 fully saturated rings. The molecule has 5 heteroatoms. The summed E-state index contributed by atoms with van der Waals surface area (Å²) in [6, 6.07) is 6.26. The second-order valence-electron chi connectivity index (χ2n) is 3.49. The molecule has 1 aromatic heterocycles. The van der Waals surface area contributed by atoms with E-state index in [4.69, 9.17) is 11.6 Å². The summed E-state index contributed by atoms with van der Waals surface area (Å²) in [7, 11) is 0. The van der Waals surface area contributed by atoms with Crippen LogP contribution in [-0.4, -0.2) is 10.1 Å². The molecule has 2 nitrogen and oxygen atoms in total. The van der Waals surface area contributed by atoms with Crippen LogP contribution in [0.5, 0.6) is 0 Å². The summed E-state index contributed by atoms with van der Waals surface area (Å²) in [5.74, 6) is -1.95. The Hall–Kier alpha value is -1.52. The van der Waals surface area contributed by atoms with Gasteiger partial charge in [0.25, 0.3) is 0 Å². The lowest BCUT2D eigenvalue weighted by Gasteiger charge is -2.11. The molecule has 0 bridgehead atoms. The molecule has 0 radical (unpaired) electrons. The smallest absolute Gasteiger partial charge is 0.159 e. The molecule has 17 heavy (non-hydrogen) atoms. The molecule has 0 spiro atoms. The highest BCUT2D eigenvalue weighted by atomic mass is 35.5. The van der Waals surface area contributed by atoms with Gasteiger partial charge in [-0.3, -0.25) is 0 Å². The highest BCUT2D eigenvalue weighted by Gasteiger charge is 2.13. The summed E-state index contributed by atoms with van der Waals surface area (Å²) in [6.45, 7) is 0. The fourth-order valence-electron chi connectivity index (χ4n) is 1.46. The zero-order valence-corrected chi connectivity index (χ0v) is 9.33. The number of halogens is 3. The first-order valence-corrected chi connectivity index (χ1v) is 5.20. The standard InChI is InChI=1S/C12H8ClF2NO/c13-11-6-8(3-4-16-11)12(17)7-1-2-9(14)10(15)5-7/h1-6,12,17H. The summed E-state index contributed by atoms with van der Waals surface area (Å²) in [6.07, 6.45) is 0.367. The van der Waals surface area contributed by atoms with Crippen LogP contribution in [0.25, 0.3) is 0 Å². The third-order valence-corrected chi connectivity index (χ3v) is 2.53.